The molecule has 0 aliphatic heterocycles. The van der Waals surface area contributed by atoms with Crippen LogP contribution in [0.5, 0.6) is 0 Å². The molecule has 140 valence electrons. The van der Waals surface area contributed by atoms with Crippen molar-refractivity contribution in [2.45, 2.75) is 32.6 Å². The molecule has 3 rings (SSSR count). The molecule has 1 aromatic carbocycles. The van der Waals surface area contributed by atoms with E-state index in [9.17, 15) is 4.79 Å². The number of nitrogens with one attached hydrogen (secondary N) is 1. The molecule has 0 atom stereocenters. The largest absolute Gasteiger partial charge is 0.352 e. The molecule has 27 heavy (non-hydrogen) atoms. The minimum atomic E-state index is -0.128. The zero-order valence-electron chi connectivity index (χ0n) is 15.4. The molecule has 0 saturated heterocycles. The molecule has 0 unspecified atom stereocenters. The topological polar surface area (TPSA) is 59.8 Å². The van der Waals surface area contributed by atoms with Gasteiger partial charge in [-0.05, 0) is 44.4 Å². The molecular formula is C21H23ClN4O. The highest BCUT2D eigenvalue weighted by Gasteiger charge is 2.18. The Morgan fingerprint density at radius 2 is 2.00 bits per heavy atom. The summed E-state index contributed by atoms with van der Waals surface area (Å²) in [6, 6.07) is 7.32. The minimum absolute atomic E-state index is 0.128. The van der Waals surface area contributed by atoms with Crippen molar-refractivity contribution in [3.63, 3.8) is 0 Å². The number of aromatic nitrogens is 3. The lowest BCUT2D eigenvalue weighted by atomic mass is 10.1. The first-order chi connectivity index (χ1) is 13.2. The zero-order chi connectivity index (χ0) is 19.1. The van der Waals surface area contributed by atoms with Crippen molar-refractivity contribution in [2.24, 2.45) is 0 Å². The van der Waals surface area contributed by atoms with E-state index in [2.05, 4.69) is 27.4 Å². The predicted molar refractivity (Wildman–Crippen MR) is 109 cm³/mol. The summed E-state index contributed by atoms with van der Waals surface area (Å²) in [5.41, 5.74) is 1.35. The maximum absolute atomic E-state index is 12.8. The summed E-state index contributed by atoms with van der Waals surface area (Å²) >= 11 is 6.40. The maximum atomic E-state index is 12.8. The predicted octanol–water partition coefficient (Wildman–Crippen LogP) is 4.94. The number of hydrogen-bond acceptors (Lipinski definition) is 3. The van der Waals surface area contributed by atoms with Crippen LogP contribution in [0.4, 0.5) is 0 Å². The van der Waals surface area contributed by atoms with Gasteiger partial charge in [-0.3, -0.25) is 9.36 Å². The van der Waals surface area contributed by atoms with E-state index in [0.29, 0.717) is 23.1 Å². The number of benzene rings is 1. The van der Waals surface area contributed by atoms with E-state index in [-0.39, 0.29) is 5.91 Å². The molecule has 1 N–H and O–H groups in total. The molecule has 0 aliphatic rings. The summed E-state index contributed by atoms with van der Waals surface area (Å²) in [5, 5.41) is 4.26. The molecule has 0 spiro atoms. The van der Waals surface area contributed by atoms with E-state index in [1.165, 1.54) is 0 Å². The van der Waals surface area contributed by atoms with Crippen molar-refractivity contribution in [3.05, 3.63) is 65.6 Å². The normalized spacial score (nSPS) is 11.3. The third-order valence-electron chi connectivity index (χ3n) is 4.36. The van der Waals surface area contributed by atoms with Crippen LogP contribution < -0.4 is 5.32 Å². The Balaban J connectivity index is 1.77. The van der Waals surface area contributed by atoms with Gasteiger partial charge < -0.3 is 5.32 Å². The summed E-state index contributed by atoms with van der Waals surface area (Å²) < 4.78 is 1.80. The van der Waals surface area contributed by atoms with E-state index in [1.54, 1.807) is 35.3 Å². The number of carbonyl (C=O) groups excluding carboxylic acids is 1. The van der Waals surface area contributed by atoms with Crippen molar-refractivity contribution in [1.82, 2.24) is 19.9 Å². The fraction of sp³-hybridized carbons (Fsp3) is 0.286. The Labute approximate surface area is 164 Å². The number of carbonyl (C=O) groups is 1. The van der Waals surface area contributed by atoms with Crippen molar-refractivity contribution in [3.8, 4) is 5.95 Å². The fourth-order valence-corrected chi connectivity index (χ4v) is 3.30. The van der Waals surface area contributed by atoms with E-state index in [1.807, 2.05) is 19.1 Å². The van der Waals surface area contributed by atoms with Gasteiger partial charge in [-0.15, -0.1) is 0 Å². The number of allylic oxidation sites excluding steroid dienone is 2. The van der Waals surface area contributed by atoms with Crippen molar-refractivity contribution < 1.29 is 4.79 Å². The SMILES string of the molecule is CC=CCCCCCNC(=O)c1cn(-c2ncccn2)c2cccc(Cl)c12. The van der Waals surface area contributed by atoms with Gasteiger partial charge >= 0.3 is 0 Å². The Kier molecular flexibility index (Phi) is 6.60. The highest BCUT2D eigenvalue weighted by Crippen LogP contribution is 2.30. The van der Waals surface area contributed by atoms with Crippen LogP contribution in [0.25, 0.3) is 16.9 Å². The number of rotatable bonds is 8. The van der Waals surface area contributed by atoms with Crippen LogP contribution in [-0.4, -0.2) is 27.0 Å². The van der Waals surface area contributed by atoms with E-state index in [0.717, 1.165) is 36.6 Å². The van der Waals surface area contributed by atoms with Crippen molar-refractivity contribution in [2.75, 3.05) is 6.54 Å². The molecule has 0 aliphatic carbocycles. The molecular weight excluding hydrogens is 360 g/mol. The molecule has 0 saturated carbocycles. The monoisotopic (exact) mass is 382 g/mol. The molecule has 5 nitrogen and oxygen atoms in total. The summed E-state index contributed by atoms with van der Waals surface area (Å²) in [6.07, 6.45) is 13.6. The van der Waals surface area contributed by atoms with Gasteiger partial charge in [0.1, 0.15) is 0 Å². The Hall–Kier alpha value is -2.66. The quantitative estimate of drug-likeness (QED) is 0.443. The van der Waals surface area contributed by atoms with Gasteiger partial charge in [0, 0.05) is 30.5 Å². The van der Waals surface area contributed by atoms with E-state index in [4.69, 9.17) is 11.6 Å². The van der Waals surface area contributed by atoms with Gasteiger partial charge in [-0.1, -0.05) is 36.2 Å². The average molecular weight is 383 g/mol. The van der Waals surface area contributed by atoms with Crippen LogP contribution in [-0.2, 0) is 0 Å². The van der Waals surface area contributed by atoms with Crippen LogP contribution >= 0.6 is 11.6 Å². The van der Waals surface area contributed by atoms with Crippen LogP contribution in [0.15, 0.2) is 55.0 Å². The first-order valence-electron chi connectivity index (χ1n) is 9.18. The number of unbranched alkanes of at least 4 members (excludes halogenated alkanes) is 3. The fourth-order valence-electron chi connectivity index (χ4n) is 3.02. The number of nitrogens with zero attached hydrogens (tertiary/aromatic N) is 3. The van der Waals surface area contributed by atoms with Gasteiger partial charge in [0.2, 0.25) is 5.95 Å². The summed E-state index contributed by atoms with van der Waals surface area (Å²) in [5.74, 6) is 0.379. The highest BCUT2D eigenvalue weighted by molar-refractivity contribution is 6.37. The average Bonchev–Trinajstić information content (AvgIpc) is 3.09. The summed E-state index contributed by atoms with van der Waals surface area (Å²) in [6.45, 7) is 2.68. The van der Waals surface area contributed by atoms with Crippen molar-refractivity contribution in [1.29, 1.82) is 0 Å². The number of amides is 1. The molecule has 1 amide bonds. The minimum Gasteiger partial charge on any atom is -0.352 e. The van der Waals surface area contributed by atoms with Gasteiger partial charge in [-0.2, -0.15) is 0 Å². The van der Waals surface area contributed by atoms with Crippen LogP contribution in [0.2, 0.25) is 5.02 Å². The van der Waals surface area contributed by atoms with Crippen LogP contribution in [0, 0.1) is 0 Å². The molecule has 6 heteroatoms. The number of fused-ring (bicyclic) bond motifs is 1. The van der Waals surface area contributed by atoms with Gasteiger partial charge in [0.05, 0.1) is 16.1 Å². The van der Waals surface area contributed by atoms with Crippen LogP contribution in [0.1, 0.15) is 43.0 Å². The molecule has 2 heterocycles. The summed E-state index contributed by atoms with van der Waals surface area (Å²) in [7, 11) is 0. The second-order valence-corrected chi connectivity index (χ2v) is 6.68. The molecule has 3 aromatic rings. The zero-order valence-corrected chi connectivity index (χ0v) is 16.1. The Morgan fingerprint density at radius 1 is 1.19 bits per heavy atom. The second-order valence-electron chi connectivity index (χ2n) is 6.27. The maximum Gasteiger partial charge on any atom is 0.253 e. The third-order valence-corrected chi connectivity index (χ3v) is 4.67. The van der Waals surface area contributed by atoms with Gasteiger partial charge in [0.25, 0.3) is 5.91 Å². The van der Waals surface area contributed by atoms with Gasteiger partial charge in [0.15, 0.2) is 0 Å². The van der Waals surface area contributed by atoms with E-state index < -0.39 is 0 Å². The first-order valence-corrected chi connectivity index (χ1v) is 9.56. The second kappa shape index (κ2) is 9.33. The Morgan fingerprint density at radius 3 is 2.78 bits per heavy atom. The number of hydrogen-bond donors (Lipinski definition) is 1. The highest BCUT2D eigenvalue weighted by atomic mass is 35.5. The third kappa shape index (κ3) is 4.55. The lowest BCUT2D eigenvalue weighted by molar-refractivity contribution is 0.0954. The van der Waals surface area contributed by atoms with Crippen LogP contribution in [0.3, 0.4) is 0 Å². The van der Waals surface area contributed by atoms with Crippen molar-refractivity contribution >= 4 is 28.4 Å². The van der Waals surface area contributed by atoms with E-state index >= 15 is 0 Å². The standard InChI is InChI=1S/C21H23ClN4O/c1-2-3-4-5-6-7-12-23-20(27)16-15-26(21-24-13-9-14-25-21)18-11-8-10-17(22)19(16)18/h2-3,8-11,13-15H,4-7,12H2,1H3,(H,23,27). The molecule has 0 radical (unpaired) electrons. The molecule has 0 bridgehead atoms. The lowest BCUT2D eigenvalue weighted by Crippen LogP contribution is -2.24. The lowest BCUT2D eigenvalue weighted by Gasteiger charge is -2.04. The molecule has 2 aromatic heterocycles. The Bertz CT molecular complexity index is 934. The van der Waals surface area contributed by atoms with Gasteiger partial charge in [-0.25, -0.2) is 9.97 Å². The number of halogens is 1. The smallest absolute Gasteiger partial charge is 0.253 e. The first kappa shape index (κ1) is 19.1. The summed E-state index contributed by atoms with van der Waals surface area (Å²) in [4.78, 5) is 21.3. The molecule has 0 fully saturated rings.